The van der Waals surface area contributed by atoms with Crippen molar-refractivity contribution < 1.29 is 19.1 Å². The lowest BCUT2D eigenvalue weighted by atomic mass is 10.0. The molecule has 5 nitrogen and oxygen atoms in total. The van der Waals surface area contributed by atoms with Gasteiger partial charge in [-0.05, 0) is 24.1 Å². The Bertz CT molecular complexity index is 477. The predicted octanol–water partition coefficient (Wildman–Crippen LogP) is 2.33. The van der Waals surface area contributed by atoms with Crippen molar-refractivity contribution in [2.24, 2.45) is 5.92 Å². The molecule has 1 rings (SSSR count). The molecule has 0 saturated heterocycles. The van der Waals surface area contributed by atoms with E-state index in [1.807, 2.05) is 6.92 Å². The number of ether oxygens (including phenoxy) is 2. The molecule has 1 aromatic rings. The van der Waals surface area contributed by atoms with E-state index >= 15 is 0 Å². The average Bonchev–Trinajstić information content (AvgIpc) is 2.51. The van der Waals surface area contributed by atoms with E-state index in [9.17, 15) is 9.59 Å². The summed E-state index contributed by atoms with van der Waals surface area (Å²) in [7, 11) is 3.13. The number of amides is 1. The number of benzene rings is 1. The zero-order valence-electron chi connectivity index (χ0n) is 13.1. The smallest absolute Gasteiger partial charge is 0.287 e. The standard InChI is InChI=1S/C16H23NO4/c1-5-6-11(2)15(18)16(19)17-10-12-7-13(20-3)9-14(8-12)21-4/h7-9,11H,5-6,10H2,1-4H3,(H,17,19). The summed E-state index contributed by atoms with van der Waals surface area (Å²) >= 11 is 0. The van der Waals surface area contributed by atoms with Crippen LogP contribution < -0.4 is 14.8 Å². The number of rotatable bonds is 8. The molecule has 1 atom stereocenters. The molecule has 0 aromatic heterocycles. The second-order valence-electron chi connectivity index (χ2n) is 4.96. The Morgan fingerprint density at radius 2 is 1.71 bits per heavy atom. The molecule has 1 amide bonds. The highest BCUT2D eigenvalue weighted by Crippen LogP contribution is 2.22. The molecule has 1 N–H and O–H groups in total. The van der Waals surface area contributed by atoms with Crippen LogP contribution in [0, 0.1) is 5.92 Å². The van der Waals surface area contributed by atoms with Crippen molar-refractivity contribution in [2.45, 2.75) is 33.2 Å². The van der Waals surface area contributed by atoms with Crippen molar-refractivity contribution in [3.8, 4) is 11.5 Å². The van der Waals surface area contributed by atoms with Crippen molar-refractivity contribution >= 4 is 11.7 Å². The summed E-state index contributed by atoms with van der Waals surface area (Å²) in [4.78, 5) is 23.7. The molecule has 21 heavy (non-hydrogen) atoms. The van der Waals surface area contributed by atoms with Crippen molar-refractivity contribution in [2.75, 3.05) is 14.2 Å². The van der Waals surface area contributed by atoms with Crippen molar-refractivity contribution in [1.82, 2.24) is 5.32 Å². The Hall–Kier alpha value is -2.04. The van der Waals surface area contributed by atoms with Crippen LogP contribution in [0.1, 0.15) is 32.3 Å². The van der Waals surface area contributed by atoms with E-state index in [0.29, 0.717) is 11.5 Å². The van der Waals surface area contributed by atoms with Crippen LogP contribution in [-0.2, 0) is 16.1 Å². The fraction of sp³-hybridized carbons (Fsp3) is 0.500. The summed E-state index contributed by atoms with van der Waals surface area (Å²) in [6, 6.07) is 5.34. The molecular formula is C16H23NO4. The van der Waals surface area contributed by atoms with Gasteiger partial charge in [0.05, 0.1) is 14.2 Å². The van der Waals surface area contributed by atoms with E-state index in [1.54, 1.807) is 39.3 Å². The fourth-order valence-electron chi connectivity index (χ4n) is 2.03. The molecule has 0 aliphatic heterocycles. The quantitative estimate of drug-likeness (QED) is 0.747. The molecule has 0 aliphatic rings. The van der Waals surface area contributed by atoms with Gasteiger partial charge in [0.25, 0.3) is 5.91 Å². The summed E-state index contributed by atoms with van der Waals surface area (Å²) in [5, 5.41) is 2.64. The lowest BCUT2D eigenvalue weighted by molar-refractivity contribution is -0.140. The summed E-state index contributed by atoms with van der Waals surface area (Å²) in [5.74, 6) is 0.132. The van der Waals surface area contributed by atoms with E-state index < -0.39 is 5.91 Å². The first kappa shape index (κ1) is 17.0. The number of ketones is 1. The van der Waals surface area contributed by atoms with Crippen molar-refractivity contribution in [3.05, 3.63) is 23.8 Å². The summed E-state index contributed by atoms with van der Waals surface area (Å²) in [5.41, 5.74) is 0.815. The van der Waals surface area contributed by atoms with Crippen LogP contribution in [0.4, 0.5) is 0 Å². The van der Waals surface area contributed by atoms with Gasteiger partial charge in [0.2, 0.25) is 5.78 Å². The fourth-order valence-corrected chi connectivity index (χ4v) is 2.03. The number of methoxy groups -OCH3 is 2. The molecule has 0 bridgehead atoms. The minimum Gasteiger partial charge on any atom is -0.497 e. The zero-order chi connectivity index (χ0) is 15.8. The molecule has 0 saturated carbocycles. The predicted molar refractivity (Wildman–Crippen MR) is 80.5 cm³/mol. The second-order valence-corrected chi connectivity index (χ2v) is 4.96. The Balaban J connectivity index is 2.66. The van der Waals surface area contributed by atoms with Gasteiger partial charge in [-0.25, -0.2) is 0 Å². The van der Waals surface area contributed by atoms with Crippen LogP contribution in [0.25, 0.3) is 0 Å². The third kappa shape index (κ3) is 5.10. The van der Waals surface area contributed by atoms with E-state index in [2.05, 4.69) is 5.32 Å². The second kappa shape index (κ2) is 8.29. The number of hydrogen-bond acceptors (Lipinski definition) is 4. The first-order chi connectivity index (χ1) is 10.0. The maximum atomic E-state index is 11.8. The van der Waals surface area contributed by atoms with Gasteiger partial charge in [-0.2, -0.15) is 0 Å². The van der Waals surface area contributed by atoms with Gasteiger partial charge in [-0.3, -0.25) is 9.59 Å². The molecular weight excluding hydrogens is 270 g/mol. The minimum atomic E-state index is -0.544. The number of carbonyl (C=O) groups is 2. The van der Waals surface area contributed by atoms with E-state index in [0.717, 1.165) is 18.4 Å². The Morgan fingerprint density at radius 1 is 1.14 bits per heavy atom. The maximum absolute atomic E-state index is 11.8. The summed E-state index contributed by atoms with van der Waals surface area (Å²) < 4.78 is 10.3. The Labute approximate surface area is 125 Å². The summed E-state index contributed by atoms with van der Waals surface area (Å²) in [6.45, 7) is 4.03. The number of nitrogens with one attached hydrogen (secondary N) is 1. The Kier molecular flexibility index (Phi) is 6.72. The first-order valence-corrected chi connectivity index (χ1v) is 7.05. The zero-order valence-corrected chi connectivity index (χ0v) is 13.1. The van der Waals surface area contributed by atoms with E-state index in [1.165, 1.54) is 0 Å². The molecule has 0 fully saturated rings. The lowest BCUT2D eigenvalue weighted by Crippen LogP contribution is -2.34. The van der Waals surface area contributed by atoms with Gasteiger partial charge in [-0.15, -0.1) is 0 Å². The SMILES string of the molecule is CCCC(C)C(=O)C(=O)NCc1cc(OC)cc(OC)c1. The highest BCUT2D eigenvalue weighted by atomic mass is 16.5. The molecule has 0 spiro atoms. The van der Waals surface area contributed by atoms with E-state index in [4.69, 9.17) is 9.47 Å². The van der Waals surface area contributed by atoms with Gasteiger partial charge in [0.15, 0.2) is 0 Å². The van der Waals surface area contributed by atoms with Crippen molar-refractivity contribution in [1.29, 1.82) is 0 Å². The normalized spacial score (nSPS) is 11.6. The number of Topliss-reactive ketones (excluding diaryl/α,β-unsaturated/α-hetero) is 1. The molecule has 116 valence electrons. The molecule has 5 heteroatoms. The Morgan fingerprint density at radius 3 is 2.19 bits per heavy atom. The molecule has 0 heterocycles. The topological polar surface area (TPSA) is 64.6 Å². The molecule has 0 radical (unpaired) electrons. The number of hydrogen-bond donors (Lipinski definition) is 1. The largest absolute Gasteiger partial charge is 0.497 e. The van der Waals surface area contributed by atoms with Crippen LogP contribution in [0.3, 0.4) is 0 Å². The molecule has 0 aliphatic carbocycles. The third-order valence-corrected chi connectivity index (χ3v) is 3.26. The molecule has 1 aromatic carbocycles. The van der Waals surface area contributed by atoms with Gasteiger partial charge in [0.1, 0.15) is 11.5 Å². The summed E-state index contributed by atoms with van der Waals surface area (Å²) in [6.07, 6.45) is 1.60. The van der Waals surface area contributed by atoms with Crippen molar-refractivity contribution in [3.63, 3.8) is 0 Å². The average molecular weight is 293 g/mol. The molecule has 1 unspecified atom stereocenters. The van der Waals surface area contributed by atoms with Crippen LogP contribution in [0.5, 0.6) is 11.5 Å². The van der Waals surface area contributed by atoms with Gasteiger partial charge < -0.3 is 14.8 Å². The lowest BCUT2D eigenvalue weighted by Gasteiger charge is -2.11. The minimum absolute atomic E-state index is 0.241. The maximum Gasteiger partial charge on any atom is 0.287 e. The van der Waals surface area contributed by atoms with E-state index in [-0.39, 0.29) is 18.2 Å². The van der Waals surface area contributed by atoms with Crippen LogP contribution in [0.15, 0.2) is 18.2 Å². The third-order valence-electron chi connectivity index (χ3n) is 3.26. The van der Waals surface area contributed by atoms with Gasteiger partial charge in [0, 0.05) is 18.5 Å². The number of carbonyl (C=O) groups excluding carboxylic acids is 2. The van der Waals surface area contributed by atoms with Crippen LogP contribution >= 0.6 is 0 Å². The first-order valence-electron chi connectivity index (χ1n) is 7.05. The highest BCUT2D eigenvalue weighted by Gasteiger charge is 2.20. The van der Waals surface area contributed by atoms with Crippen LogP contribution in [0.2, 0.25) is 0 Å². The van der Waals surface area contributed by atoms with Gasteiger partial charge in [-0.1, -0.05) is 20.3 Å². The highest BCUT2D eigenvalue weighted by molar-refractivity contribution is 6.36. The van der Waals surface area contributed by atoms with Crippen LogP contribution in [-0.4, -0.2) is 25.9 Å². The monoisotopic (exact) mass is 293 g/mol. The van der Waals surface area contributed by atoms with Gasteiger partial charge >= 0.3 is 0 Å².